The monoisotopic (exact) mass is 180 g/mol. The molecule has 3 nitrogen and oxygen atoms in total. The number of ether oxygens (including phenoxy) is 1. The highest BCUT2D eigenvalue weighted by atomic mass is 35.5. The fourth-order valence-corrected chi connectivity index (χ4v) is 0.666. The third-order valence-electron chi connectivity index (χ3n) is 1.18. The van der Waals surface area contributed by atoms with Gasteiger partial charge in [-0.25, -0.2) is 0 Å². The van der Waals surface area contributed by atoms with Crippen LogP contribution in [-0.4, -0.2) is 24.5 Å². The second kappa shape index (κ2) is 6.43. The van der Waals surface area contributed by atoms with E-state index < -0.39 is 0 Å². The lowest BCUT2D eigenvalue weighted by atomic mass is 10.2. The van der Waals surface area contributed by atoms with Crippen LogP contribution in [0.4, 0.5) is 0 Å². The first-order chi connectivity index (χ1) is 5.16. The maximum absolute atomic E-state index is 10.8. The van der Waals surface area contributed by atoms with Gasteiger partial charge in [-0.2, -0.15) is 0 Å². The van der Waals surface area contributed by atoms with E-state index in [1.54, 1.807) is 0 Å². The maximum atomic E-state index is 10.8. The van der Waals surface area contributed by atoms with Gasteiger partial charge >= 0.3 is 5.97 Å². The Labute approximate surface area is 71.8 Å². The molecular weight excluding hydrogens is 166 g/mol. The fraction of sp³-hybridized carbons (Fsp3) is 0.857. The average molecular weight is 181 g/mol. The number of carbonyl (C=O) groups excluding carboxylic acids is 1. The summed E-state index contributed by atoms with van der Waals surface area (Å²) in [6, 6.07) is 0.304. The van der Waals surface area contributed by atoms with Gasteiger partial charge in [0.1, 0.15) is 6.61 Å². The molecule has 0 aromatic carbocycles. The van der Waals surface area contributed by atoms with E-state index >= 15 is 0 Å². The van der Waals surface area contributed by atoms with Crippen LogP contribution < -0.4 is 5.73 Å². The highest BCUT2D eigenvalue weighted by molar-refractivity contribution is 6.18. The zero-order valence-corrected chi connectivity index (χ0v) is 7.56. The third kappa shape index (κ3) is 7.62. The van der Waals surface area contributed by atoms with Crippen LogP contribution in [0.5, 0.6) is 0 Å². The van der Waals surface area contributed by atoms with Crippen molar-refractivity contribution in [3.8, 4) is 0 Å². The summed E-state index contributed by atoms with van der Waals surface area (Å²) in [7, 11) is 0. The molecule has 66 valence electrons. The van der Waals surface area contributed by atoms with Gasteiger partial charge in [0.05, 0.1) is 18.3 Å². The summed E-state index contributed by atoms with van der Waals surface area (Å²) >= 11 is 5.32. The van der Waals surface area contributed by atoms with Crippen LogP contribution in [0, 0.1) is 0 Å². The van der Waals surface area contributed by atoms with Crippen LogP contribution in [0.15, 0.2) is 0 Å². The predicted molar refractivity (Wildman–Crippen MR) is 43.3 cm³/mol. The Kier molecular flexibility index (Phi) is 6.27. The molecule has 3 N–H and O–H groups in total. The molecule has 4 heteroatoms. The van der Waals surface area contributed by atoms with Crippen molar-refractivity contribution in [2.45, 2.75) is 25.8 Å². The molecule has 0 fully saturated rings. The number of quaternary nitrogens is 1. The smallest absolute Gasteiger partial charge is 0.306 e. The molecule has 0 rings (SSSR count). The van der Waals surface area contributed by atoms with Crippen LogP contribution in [0.2, 0.25) is 0 Å². The maximum Gasteiger partial charge on any atom is 0.306 e. The third-order valence-corrected chi connectivity index (χ3v) is 1.34. The van der Waals surface area contributed by atoms with Gasteiger partial charge in [-0.05, 0) is 6.92 Å². The molecule has 0 heterocycles. The Morgan fingerprint density at radius 1 is 1.73 bits per heavy atom. The van der Waals surface area contributed by atoms with E-state index in [2.05, 4.69) is 5.73 Å². The first kappa shape index (κ1) is 10.7. The SMILES string of the molecule is C[C@H]([NH3+])CCC(=O)OCCCl. The first-order valence-corrected chi connectivity index (χ1v) is 4.25. The molecule has 0 saturated carbocycles. The Morgan fingerprint density at radius 2 is 2.36 bits per heavy atom. The standard InChI is InChI=1S/C7H14ClNO2/c1-6(9)2-3-7(10)11-5-4-8/h6H,2-5,9H2,1H3/p+1/t6-/m0/s1. The van der Waals surface area contributed by atoms with E-state index in [1.165, 1.54) is 0 Å². The number of alkyl halides is 1. The van der Waals surface area contributed by atoms with Gasteiger partial charge in [-0.15, -0.1) is 11.6 Å². The summed E-state index contributed by atoms with van der Waals surface area (Å²) in [5, 5.41) is 0. The largest absolute Gasteiger partial charge is 0.464 e. The number of hydrogen-bond acceptors (Lipinski definition) is 2. The van der Waals surface area contributed by atoms with Crippen molar-refractivity contribution in [3.63, 3.8) is 0 Å². The minimum Gasteiger partial charge on any atom is -0.464 e. The van der Waals surface area contributed by atoms with Gasteiger partial charge < -0.3 is 10.5 Å². The number of halogens is 1. The first-order valence-electron chi connectivity index (χ1n) is 3.71. The van der Waals surface area contributed by atoms with E-state index in [0.717, 1.165) is 6.42 Å². The topological polar surface area (TPSA) is 53.9 Å². The summed E-state index contributed by atoms with van der Waals surface area (Å²) in [5.74, 6) is 0.187. The predicted octanol–water partition coefficient (Wildman–Crippen LogP) is 0.179. The van der Waals surface area contributed by atoms with E-state index in [4.69, 9.17) is 16.3 Å². The van der Waals surface area contributed by atoms with Gasteiger partial charge in [-0.3, -0.25) is 4.79 Å². The number of hydrogen-bond donors (Lipinski definition) is 1. The second-order valence-electron chi connectivity index (χ2n) is 2.55. The van der Waals surface area contributed by atoms with Crippen LogP contribution in [0.25, 0.3) is 0 Å². The Bertz CT molecular complexity index is 117. The molecular formula is C7H15ClNO2+. The van der Waals surface area contributed by atoms with Gasteiger partial charge in [0.15, 0.2) is 0 Å². The van der Waals surface area contributed by atoms with Crippen molar-refractivity contribution in [1.82, 2.24) is 0 Å². The van der Waals surface area contributed by atoms with Crippen LogP contribution in [0.3, 0.4) is 0 Å². The van der Waals surface area contributed by atoms with Crippen molar-refractivity contribution >= 4 is 17.6 Å². The summed E-state index contributed by atoms with van der Waals surface area (Å²) in [5.41, 5.74) is 3.76. The van der Waals surface area contributed by atoms with Gasteiger partial charge in [-0.1, -0.05) is 0 Å². The molecule has 0 aliphatic carbocycles. The molecule has 0 radical (unpaired) electrons. The minimum atomic E-state index is -0.179. The van der Waals surface area contributed by atoms with Gasteiger partial charge in [0, 0.05) is 6.42 Å². The van der Waals surface area contributed by atoms with Crippen molar-refractivity contribution in [2.24, 2.45) is 0 Å². The molecule has 11 heavy (non-hydrogen) atoms. The second-order valence-corrected chi connectivity index (χ2v) is 2.93. The number of carbonyl (C=O) groups is 1. The van der Waals surface area contributed by atoms with E-state index in [0.29, 0.717) is 24.9 Å². The molecule has 0 aliphatic heterocycles. The quantitative estimate of drug-likeness (QED) is 0.485. The molecule has 0 amide bonds. The van der Waals surface area contributed by atoms with Crippen LogP contribution >= 0.6 is 11.6 Å². The minimum absolute atomic E-state index is 0.179. The van der Waals surface area contributed by atoms with Crippen molar-refractivity contribution in [2.75, 3.05) is 12.5 Å². The molecule has 0 saturated heterocycles. The lowest BCUT2D eigenvalue weighted by Crippen LogP contribution is -2.59. The Morgan fingerprint density at radius 3 is 2.82 bits per heavy atom. The van der Waals surface area contributed by atoms with Crippen molar-refractivity contribution < 1.29 is 15.3 Å². The summed E-state index contributed by atoms with van der Waals surface area (Å²) in [6.07, 6.45) is 1.22. The van der Waals surface area contributed by atoms with E-state index in [1.807, 2.05) is 6.92 Å². The molecule has 0 spiro atoms. The fourth-order valence-electron chi connectivity index (χ4n) is 0.589. The molecule has 0 unspecified atom stereocenters. The zero-order valence-electron chi connectivity index (χ0n) is 6.81. The normalized spacial score (nSPS) is 12.6. The lowest BCUT2D eigenvalue weighted by molar-refractivity contribution is -0.415. The zero-order chi connectivity index (χ0) is 8.69. The highest BCUT2D eigenvalue weighted by Gasteiger charge is 2.05. The van der Waals surface area contributed by atoms with Crippen molar-refractivity contribution in [3.05, 3.63) is 0 Å². The van der Waals surface area contributed by atoms with Crippen molar-refractivity contribution in [1.29, 1.82) is 0 Å². The molecule has 1 atom stereocenters. The Hall–Kier alpha value is -0.280. The van der Waals surface area contributed by atoms with Crippen LogP contribution in [-0.2, 0) is 9.53 Å². The molecule has 0 bridgehead atoms. The summed E-state index contributed by atoms with van der Waals surface area (Å²) in [4.78, 5) is 10.8. The van der Waals surface area contributed by atoms with Gasteiger partial charge in [0.2, 0.25) is 0 Å². The molecule has 0 aromatic heterocycles. The van der Waals surface area contributed by atoms with Gasteiger partial charge in [0.25, 0.3) is 0 Å². The number of rotatable bonds is 5. The molecule has 0 aromatic rings. The summed E-state index contributed by atoms with van der Waals surface area (Å²) in [6.45, 7) is 2.28. The highest BCUT2D eigenvalue weighted by Crippen LogP contribution is 1.94. The molecule has 0 aliphatic rings. The average Bonchev–Trinajstić information content (AvgIpc) is 1.97. The van der Waals surface area contributed by atoms with Crippen LogP contribution in [0.1, 0.15) is 19.8 Å². The lowest BCUT2D eigenvalue weighted by Gasteiger charge is -2.02. The van der Waals surface area contributed by atoms with E-state index in [9.17, 15) is 4.79 Å². The van der Waals surface area contributed by atoms with E-state index in [-0.39, 0.29) is 5.97 Å². The number of esters is 1. The summed E-state index contributed by atoms with van der Waals surface area (Å²) < 4.78 is 4.74. The Balaban J connectivity index is 3.23.